The Hall–Kier alpha value is -3.66. The molecule has 1 N–H and O–H groups in total. The van der Waals surface area contributed by atoms with Gasteiger partial charge < -0.3 is 10.1 Å². The summed E-state index contributed by atoms with van der Waals surface area (Å²) in [6.45, 7) is 1.39. The molecule has 1 heterocycles. The second-order valence-corrected chi connectivity index (χ2v) is 7.31. The first-order valence-corrected chi connectivity index (χ1v) is 9.55. The molecule has 0 saturated carbocycles. The number of hydrogen-bond acceptors (Lipinski definition) is 7. The Labute approximate surface area is 175 Å². The van der Waals surface area contributed by atoms with Gasteiger partial charge in [-0.05, 0) is 48.0 Å². The van der Waals surface area contributed by atoms with E-state index in [2.05, 4.69) is 5.32 Å². The molecule has 0 aliphatic carbocycles. The van der Waals surface area contributed by atoms with Crippen molar-refractivity contribution in [3.05, 3.63) is 68.6 Å². The van der Waals surface area contributed by atoms with Crippen molar-refractivity contribution < 1.29 is 24.0 Å². The second kappa shape index (κ2) is 8.78. The molecule has 0 aromatic heterocycles. The van der Waals surface area contributed by atoms with Gasteiger partial charge in [-0.25, -0.2) is 0 Å². The number of imide groups is 1. The van der Waals surface area contributed by atoms with E-state index < -0.39 is 28.5 Å². The van der Waals surface area contributed by atoms with Crippen LogP contribution in [0.4, 0.5) is 16.2 Å². The van der Waals surface area contributed by atoms with Gasteiger partial charge in [0.25, 0.3) is 11.1 Å². The fourth-order valence-corrected chi connectivity index (χ4v) is 3.61. The zero-order chi connectivity index (χ0) is 21.8. The summed E-state index contributed by atoms with van der Waals surface area (Å²) in [7, 11) is 1.31. The Balaban J connectivity index is 1.76. The third-order valence-electron chi connectivity index (χ3n) is 4.29. The summed E-state index contributed by atoms with van der Waals surface area (Å²) in [4.78, 5) is 48.6. The van der Waals surface area contributed by atoms with Gasteiger partial charge in [0.2, 0.25) is 5.91 Å². The summed E-state index contributed by atoms with van der Waals surface area (Å²) in [5, 5.41) is 13.2. The molecule has 3 amide bonds. The average Bonchev–Trinajstić information content (AvgIpc) is 2.97. The lowest BCUT2D eigenvalue weighted by Gasteiger charge is -2.13. The molecule has 154 valence electrons. The number of thioether (sulfide) groups is 1. The summed E-state index contributed by atoms with van der Waals surface area (Å²) in [5.74, 6) is -1.06. The number of ether oxygens (including phenoxy) is 1. The van der Waals surface area contributed by atoms with Gasteiger partial charge in [-0.15, -0.1) is 0 Å². The van der Waals surface area contributed by atoms with Crippen molar-refractivity contribution in [3.63, 3.8) is 0 Å². The van der Waals surface area contributed by atoms with E-state index in [1.165, 1.54) is 31.4 Å². The lowest BCUT2D eigenvalue weighted by molar-refractivity contribution is -0.385. The fourth-order valence-electron chi connectivity index (χ4n) is 2.77. The van der Waals surface area contributed by atoms with Crippen LogP contribution in [0.25, 0.3) is 6.08 Å². The molecular formula is C20H17N3O6S. The SMILES string of the molecule is COc1ccc(/C=C2/SC(=O)N(CC(=O)Nc3ccccc3C)C2=O)cc1[N+](=O)[O-]. The van der Waals surface area contributed by atoms with Crippen LogP contribution in [0.5, 0.6) is 5.75 Å². The van der Waals surface area contributed by atoms with Crippen LogP contribution in [-0.2, 0) is 9.59 Å². The number of methoxy groups -OCH3 is 1. The van der Waals surface area contributed by atoms with Gasteiger partial charge in [0, 0.05) is 11.8 Å². The molecule has 1 saturated heterocycles. The maximum absolute atomic E-state index is 12.6. The highest BCUT2D eigenvalue weighted by Crippen LogP contribution is 2.34. The standard InChI is InChI=1S/C20H17N3O6S/c1-12-5-3-4-6-14(12)21-18(24)11-22-19(25)17(30-20(22)26)10-13-7-8-16(29-2)15(9-13)23(27)28/h3-10H,11H2,1-2H3,(H,21,24)/b17-10+. The first-order chi connectivity index (χ1) is 14.3. The molecule has 0 spiro atoms. The molecule has 0 atom stereocenters. The van der Waals surface area contributed by atoms with Crippen LogP contribution in [0.3, 0.4) is 0 Å². The van der Waals surface area contributed by atoms with Crippen LogP contribution >= 0.6 is 11.8 Å². The number of para-hydroxylation sites is 1. The minimum atomic E-state index is -0.636. The highest BCUT2D eigenvalue weighted by Gasteiger charge is 2.36. The molecule has 1 aliphatic heterocycles. The molecule has 0 radical (unpaired) electrons. The maximum atomic E-state index is 12.6. The Morgan fingerprint density at radius 2 is 2.00 bits per heavy atom. The van der Waals surface area contributed by atoms with Gasteiger partial charge in [-0.3, -0.25) is 29.4 Å². The van der Waals surface area contributed by atoms with Gasteiger partial charge in [0.15, 0.2) is 5.75 Å². The van der Waals surface area contributed by atoms with E-state index in [0.717, 1.165) is 10.5 Å². The number of nitro benzene ring substituents is 1. The maximum Gasteiger partial charge on any atom is 0.311 e. The summed E-state index contributed by atoms with van der Waals surface area (Å²) in [5.41, 5.74) is 1.54. The Bertz CT molecular complexity index is 1080. The number of rotatable bonds is 6. The average molecular weight is 427 g/mol. The van der Waals surface area contributed by atoms with Gasteiger partial charge in [-0.1, -0.05) is 24.3 Å². The zero-order valence-corrected chi connectivity index (χ0v) is 16.9. The van der Waals surface area contributed by atoms with Crippen LogP contribution in [0.2, 0.25) is 0 Å². The smallest absolute Gasteiger partial charge is 0.311 e. The lowest BCUT2D eigenvalue weighted by atomic mass is 10.1. The fraction of sp³-hybridized carbons (Fsp3) is 0.150. The topological polar surface area (TPSA) is 119 Å². The molecule has 9 nitrogen and oxygen atoms in total. The van der Waals surface area contributed by atoms with E-state index in [0.29, 0.717) is 23.0 Å². The molecule has 2 aromatic carbocycles. The van der Waals surface area contributed by atoms with Crippen molar-refractivity contribution in [2.75, 3.05) is 19.0 Å². The van der Waals surface area contributed by atoms with E-state index in [4.69, 9.17) is 4.74 Å². The van der Waals surface area contributed by atoms with Crippen molar-refractivity contribution in [2.24, 2.45) is 0 Å². The van der Waals surface area contributed by atoms with Gasteiger partial charge in [-0.2, -0.15) is 0 Å². The van der Waals surface area contributed by atoms with Crippen molar-refractivity contribution >= 4 is 46.3 Å². The summed E-state index contributed by atoms with van der Waals surface area (Å²) in [6.07, 6.45) is 1.37. The van der Waals surface area contributed by atoms with Crippen LogP contribution in [-0.4, -0.2) is 40.5 Å². The molecule has 10 heteroatoms. The molecule has 30 heavy (non-hydrogen) atoms. The van der Waals surface area contributed by atoms with E-state index in [9.17, 15) is 24.5 Å². The van der Waals surface area contributed by atoms with Crippen molar-refractivity contribution in [1.82, 2.24) is 4.90 Å². The molecule has 1 aliphatic rings. The molecule has 0 unspecified atom stereocenters. The Morgan fingerprint density at radius 1 is 1.27 bits per heavy atom. The van der Waals surface area contributed by atoms with E-state index in [1.807, 2.05) is 19.1 Å². The minimum absolute atomic E-state index is 0.0724. The third kappa shape index (κ3) is 4.49. The molecule has 1 fully saturated rings. The zero-order valence-electron chi connectivity index (χ0n) is 16.1. The van der Waals surface area contributed by atoms with Crippen LogP contribution < -0.4 is 10.1 Å². The highest BCUT2D eigenvalue weighted by molar-refractivity contribution is 8.18. The highest BCUT2D eigenvalue weighted by atomic mass is 32.2. The molecular weight excluding hydrogens is 410 g/mol. The van der Waals surface area contributed by atoms with Crippen molar-refractivity contribution in [1.29, 1.82) is 0 Å². The Kier molecular flexibility index (Phi) is 6.17. The van der Waals surface area contributed by atoms with Crippen LogP contribution in [0.15, 0.2) is 47.4 Å². The molecule has 0 bridgehead atoms. The van der Waals surface area contributed by atoms with Gasteiger partial charge >= 0.3 is 5.69 Å². The minimum Gasteiger partial charge on any atom is -0.490 e. The van der Waals surface area contributed by atoms with E-state index in [-0.39, 0.29) is 16.3 Å². The number of carbonyl (C=O) groups excluding carboxylic acids is 3. The van der Waals surface area contributed by atoms with Crippen molar-refractivity contribution in [2.45, 2.75) is 6.92 Å². The number of carbonyl (C=O) groups is 3. The number of aryl methyl sites for hydroxylation is 1. The van der Waals surface area contributed by atoms with Crippen LogP contribution in [0, 0.1) is 17.0 Å². The monoisotopic (exact) mass is 427 g/mol. The number of amides is 3. The van der Waals surface area contributed by atoms with E-state index >= 15 is 0 Å². The molecule has 3 rings (SSSR count). The van der Waals surface area contributed by atoms with Crippen molar-refractivity contribution in [3.8, 4) is 5.75 Å². The van der Waals surface area contributed by atoms with Gasteiger partial charge in [0.1, 0.15) is 6.54 Å². The number of benzene rings is 2. The number of anilines is 1. The summed E-state index contributed by atoms with van der Waals surface area (Å²) < 4.78 is 4.95. The lowest BCUT2D eigenvalue weighted by Crippen LogP contribution is -2.36. The first kappa shape index (κ1) is 21.1. The quantitative estimate of drug-likeness (QED) is 0.425. The predicted octanol–water partition coefficient (Wildman–Crippen LogP) is 3.59. The summed E-state index contributed by atoms with van der Waals surface area (Å²) >= 11 is 0.670. The Morgan fingerprint density at radius 3 is 2.67 bits per heavy atom. The van der Waals surface area contributed by atoms with Gasteiger partial charge in [0.05, 0.1) is 16.9 Å². The summed E-state index contributed by atoms with van der Waals surface area (Å²) in [6, 6.07) is 11.3. The number of nitro groups is 1. The van der Waals surface area contributed by atoms with E-state index in [1.54, 1.807) is 12.1 Å². The first-order valence-electron chi connectivity index (χ1n) is 8.73. The number of nitrogens with one attached hydrogen (secondary N) is 1. The number of nitrogens with zero attached hydrogens (tertiary/aromatic N) is 2. The predicted molar refractivity (Wildman–Crippen MR) is 112 cm³/mol. The largest absolute Gasteiger partial charge is 0.490 e. The normalized spacial score (nSPS) is 14.9. The number of hydrogen-bond donors (Lipinski definition) is 1. The third-order valence-corrected chi connectivity index (χ3v) is 5.20. The second-order valence-electron chi connectivity index (χ2n) is 6.32. The van der Waals surface area contributed by atoms with Crippen LogP contribution in [0.1, 0.15) is 11.1 Å². The molecule has 2 aromatic rings.